The third-order valence-electron chi connectivity index (χ3n) is 3.17. The van der Waals surface area contributed by atoms with Gasteiger partial charge in [0, 0.05) is 12.5 Å². The Morgan fingerprint density at radius 3 is 2.57 bits per heavy atom. The first-order valence-corrected chi connectivity index (χ1v) is 6.40. The Kier molecular flexibility index (Phi) is 3.02. The summed E-state index contributed by atoms with van der Waals surface area (Å²) in [6, 6.07) is 13.1. The zero-order chi connectivity index (χ0) is 15.0. The molecule has 2 aromatic carbocycles. The number of hydrogen-bond donors (Lipinski definition) is 1. The van der Waals surface area contributed by atoms with E-state index in [0.29, 0.717) is 16.6 Å². The highest BCUT2D eigenvalue weighted by molar-refractivity contribution is 6.07. The summed E-state index contributed by atoms with van der Waals surface area (Å²) in [5.74, 6) is -0.608. The number of para-hydroxylation sites is 2. The highest BCUT2D eigenvalue weighted by Gasteiger charge is 2.20. The zero-order valence-electron chi connectivity index (χ0n) is 11.3. The van der Waals surface area contributed by atoms with E-state index in [1.807, 2.05) is 0 Å². The van der Waals surface area contributed by atoms with Crippen LogP contribution in [0.1, 0.15) is 27.9 Å². The summed E-state index contributed by atoms with van der Waals surface area (Å²) in [5, 5.41) is 9.51. The van der Waals surface area contributed by atoms with Gasteiger partial charge in [-0.15, -0.1) is 0 Å². The number of aromatic hydroxyl groups is 1. The normalized spacial score (nSPS) is 10.7. The number of hydrogen-bond acceptors (Lipinski definition) is 4. The molecule has 0 atom stereocenters. The fourth-order valence-corrected chi connectivity index (χ4v) is 2.24. The lowest BCUT2D eigenvalue weighted by molar-refractivity contribution is 0.0928. The maximum atomic E-state index is 12.7. The molecule has 104 valence electrons. The summed E-state index contributed by atoms with van der Waals surface area (Å²) in [6.45, 7) is 1.37. The second kappa shape index (κ2) is 4.86. The molecule has 1 N–H and O–H groups in total. The number of phenols is 1. The van der Waals surface area contributed by atoms with Gasteiger partial charge in [0.2, 0.25) is 0 Å². The van der Waals surface area contributed by atoms with E-state index in [9.17, 15) is 14.7 Å². The first-order valence-electron chi connectivity index (χ1n) is 6.40. The Morgan fingerprint density at radius 2 is 1.86 bits per heavy atom. The molecule has 21 heavy (non-hydrogen) atoms. The van der Waals surface area contributed by atoms with E-state index in [1.165, 1.54) is 23.6 Å². The molecule has 0 aliphatic heterocycles. The largest absolute Gasteiger partial charge is 0.508 e. The summed E-state index contributed by atoms with van der Waals surface area (Å²) in [7, 11) is 0. The van der Waals surface area contributed by atoms with Gasteiger partial charge in [-0.2, -0.15) is 0 Å². The van der Waals surface area contributed by atoms with Gasteiger partial charge in [0.15, 0.2) is 11.6 Å². The van der Waals surface area contributed by atoms with Crippen LogP contribution in [-0.4, -0.2) is 26.3 Å². The van der Waals surface area contributed by atoms with E-state index in [0.717, 1.165) is 0 Å². The molecule has 0 aliphatic rings. The molecule has 0 aliphatic carbocycles. The van der Waals surface area contributed by atoms with Crippen LogP contribution in [0.4, 0.5) is 0 Å². The fourth-order valence-electron chi connectivity index (χ4n) is 2.24. The highest BCUT2D eigenvalue weighted by Crippen LogP contribution is 2.20. The predicted octanol–water partition coefficient (Wildman–Crippen LogP) is 2.63. The van der Waals surface area contributed by atoms with Crippen molar-refractivity contribution in [3.05, 3.63) is 59.9 Å². The van der Waals surface area contributed by atoms with Crippen LogP contribution < -0.4 is 0 Å². The molecular weight excluding hydrogens is 268 g/mol. The zero-order valence-corrected chi connectivity index (χ0v) is 11.3. The number of ketones is 1. The molecule has 0 bridgehead atoms. The van der Waals surface area contributed by atoms with E-state index in [4.69, 9.17) is 0 Å². The first-order chi connectivity index (χ1) is 10.1. The minimum Gasteiger partial charge on any atom is -0.508 e. The Hall–Kier alpha value is -2.95. The van der Waals surface area contributed by atoms with Crippen molar-refractivity contribution in [3.63, 3.8) is 0 Å². The van der Waals surface area contributed by atoms with Crippen molar-refractivity contribution in [1.82, 2.24) is 9.55 Å². The summed E-state index contributed by atoms with van der Waals surface area (Å²) >= 11 is 0. The van der Waals surface area contributed by atoms with Crippen molar-refractivity contribution in [3.8, 4) is 5.75 Å². The second-order valence-corrected chi connectivity index (χ2v) is 4.67. The average Bonchev–Trinajstić information content (AvgIpc) is 2.86. The van der Waals surface area contributed by atoms with Crippen LogP contribution >= 0.6 is 0 Å². The minimum absolute atomic E-state index is 0.00496. The van der Waals surface area contributed by atoms with Gasteiger partial charge in [0.25, 0.3) is 5.91 Å². The SMILES string of the molecule is CC(=O)c1nc2ccccc2n1C(=O)c1cccc(O)c1. The third kappa shape index (κ3) is 2.18. The van der Waals surface area contributed by atoms with Crippen LogP contribution in [0.25, 0.3) is 11.0 Å². The number of carbonyl (C=O) groups excluding carboxylic acids is 2. The second-order valence-electron chi connectivity index (χ2n) is 4.67. The van der Waals surface area contributed by atoms with Crippen LogP contribution in [0, 0.1) is 0 Å². The van der Waals surface area contributed by atoms with Crippen molar-refractivity contribution in [2.24, 2.45) is 0 Å². The number of nitrogens with zero attached hydrogens (tertiary/aromatic N) is 2. The van der Waals surface area contributed by atoms with Crippen LogP contribution in [0.3, 0.4) is 0 Å². The number of rotatable bonds is 2. The van der Waals surface area contributed by atoms with Crippen molar-refractivity contribution in [2.75, 3.05) is 0 Å². The topological polar surface area (TPSA) is 72.2 Å². The van der Waals surface area contributed by atoms with Crippen molar-refractivity contribution in [2.45, 2.75) is 6.92 Å². The first kappa shape index (κ1) is 13.1. The number of fused-ring (bicyclic) bond motifs is 1. The van der Waals surface area contributed by atoms with Gasteiger partial charge in [0.05, 0.1) is 11.0 Å². The molecule has 0 amide bonds. The summed E-state index contributed by atoms with van der Waals surface area (Å²) in [4.78, 5) is 28.6. The Bertz CT molecular complexity index is 865. The lowest BCUT2D eigenvalue weighted by Crippen LogP contribution is -2.17. The third-order valence-corrected chi connectivity index (χ3v) is 3.17. The molecule has 0 unspecified atom stereocenters. The maximum Gasteiger partial charge on any atom is 0.264 e. The van der Waals surface area contributed by atoms with Crippen LogP contribution in [0.2, 0.25) is 0 Å². The lowest BCUT2D eigenvalue weighted by atomic mass is 10.2. The van der Waals surface area contributed by atoms with Crippen LogP contribution in [0.15, 0.2) is 48.5 Å². The molecular formula is C16H12N2O3. The van der Waals surface area contributed by atoms with Gasteiger partial charge < -0.3 is 5.11 Å². The Morgan fingerprint density at radius 1 is 1.10 bits per heavy atom. The van der Waals surface area contributed by atoms with E-state index in [2.05, 4.69) is 4.98 Å². The smallest absolute Gasteiger partial charge is 0.264 e. The predicted molar refractivity (Wildman–Crippen MR) is 77.6 cm³/mol. The molecule has 0 saturated heterocycles. The monoisotopic (exact) mass is 280 g/mol. The molecule has 3 rings (SSSR count). The quantitative estimate of drug-likeness (QED) is 0.732. The van der Waals surface area contributed by atoms with E-state index < -0.39 is 5.91 Å². The lowest BCUT2D eigenvalue weighted by Gasteiger charge is -2.06. The molecule has 0 saturated carbocycles. The number of aromatic nitrogens is 2. The molecule has 1 aromatic heterocycles. The van der Waals surface area contributed by atoms with Gasteiger partial charge in [-0.1, -0.05) is 18.2 Å². The fraction of sp³-hybridized carbons (Fsp3) is 0.0625. The van der Waals surface area contributed by atoms with E-state index in [-0.39, 0.29) is 17.4 Å². The number of imidazole rings is 1. The summed E-state index contributed by atoms with van der Waals surface area (Å²) < 4.78 is 1.28. The van der Waals surface area contributed by atoms with Crippen LogP contribution in [-0.2, 0) is 0 Å². The molecule has 0 spiro atoms. The van der Waals surface area contributed by atoms with Crippen molar-refractivity contribution >= 4 is 22.7 Å². The van der Waals surface area contributed by atoms with E-state index in [1.54, 1.807) is 36.4 Å². The van der Waals surface area contributed by atoms with Gasteiger partial charge in [-0.05, 0) is 30.3 Å². The standard InChI is InChI=1S/C16H12N2O3/c1-10(19)15-17-13-7-2-3-8-14(13)18(15)16(21)11-5-4-6-12(20)9-11/h2-9,20H,1H3. The van der Waals surface area contributed by atoms with Gasteiger partial charge >= 0.3 is 0 Å². The van der Waals surface area contributed by atoms with E-state index >= 15 is 0 Å². The number of Topliss-reactive ketones (excluding diaryl/α,β-unsaturated/α-hetero) is 1. The minimum atomic E-state index is -0.398. The summed E-state index contributed by atoms with van der Waals surface area (Å²) in [6.07, 6.45) is 0. The molecule has 5 nitrogen and oxygen atoms in total. The number of carbonyl (C=O) groups is 2. The van der Waals surface area contributed by atoms with Gasteiger partial charge in [-0.25, -0.2) is 4.98 Å². The number of phenolic OH excluding ortho intramolecular Hbond substituents is 1. The molecule has 3 aromatic rings. The molecule has 5 heteroatoms. The molecule has 1 heterocycles. The van der Waals surface area contributed by atoms with Gasteiger partial charge in [0.1, 0.15) is 5.75 Å². The number of benzene rings is 2. The Labute approximate surface area is 120 Å². The maximum absolute atomic E-state index is 12.7. The van der Waals surface area contributed by atoms with Crippen LogP contribution in [0.5, 0.6) is 5.75 Å². The summed E-state index contributed by atoms with van der Waals surface area (Å²) in [5.41, 5.74) is 1.44. The Balaban J connectivity index is 2.25. The molecule has 0 radical (unpaired) electrons. The van der Waals surface area contributed by atoms with Crippen molar-refractivity contribution < 1.29 is 14.7 Å². The highest BCUT2D eigenvalue weighted by atomic mass is 16.3. The van der Waals surface area contributed by atoms with Gasteiger partial charge in [-0.3, -0.25) is 14.2 Å². The van der Waals surface area contributed by atoms with Crippen molar-refractivity contribution in [1.29, 1.82) is 0 Å². The molecule has 0 fully saturated rings. The average molecular weight is 280 g/mol.